The van der Waals surface area contributed by atoms with E-state index in [1.807, 2.05) is 38.2 Å². The monoisotopic (exact) mass is 598 g/mol. The normalized spacial score (nSPS) is 14.7. The molecule has 186 valence electrons. The molecule has 4 aromatic rings. The lowest BCUT2D eigenvalue weighted by atomic mass is 9.86. The summed E-state index contributed by atoms with van der Waals surface area (Å²) in [6, 6.07) is 9.51. The van der Waals surface area contributed by atoms with E-state index >= 15 is 4.39 Å². The number of anilines is 4. The molecule has 0 amide bonds. The van der Waals surface area contributed by atoms with Crippen molar-refractivity contribution in [2.24, 2.45) is 0 Å². The van der Waals surface area contributed by atoms with Crippen LogP contribution in [0.4, 0.5) is 27.7 Å². The highest BCUT2D eigenvalue weighted by Gasteiger charge is 2.23. The molecule has 0 saturated carbocycles. The van der Waals surface area contributed by atoms with Gasteiger partial charge < -0.3 is 10.6 Å². The number of piperidine rings is 1. The fourth-order valence-corrected chi connectivity index (χ4v) is 5.02. The van der Waals surface area contributed by atoms with Crippen LogP contribution in [0.25, 0.3) is 0 Å². The van der Waals surface area contributed by atoms with Crippen molar-refractivity contribution in [2.45, 2.75) is 39.2 Å². The molecule has 4 heterocycles. The standard InChI is InChI=1S/C26H28FIN8/c1-16-10-23(31-26-30-14-22(28)25(33-26)32-24-11-17(2)34-35-24)21(27)12-20(16)19-5-8-36(9-6-19)15-18-4-3-7-29-13-18/h3-4,7,10-14,19H,5-6,8-9,15H2,1-2H3,(H3,30,31,32,33,34,35). The van der Waals surface area contributed by atoms with Crippen LogP contribution >= 0.6 is 22.6 Å². The summed E-state index contributed by atoms with van der Waals surface area (Å²) in [7, 11) is 0. The summed E-state index contributed by atoms with van der Waals surface area (Å²) in [6.07, 6.45) is 7.43. The number of aryl methyl sites for hydroxylation is 2. The largest absolute Gasteiger partial charge is 0.322 e. The van der Waals surface area contributed by atoms with E-state index in [2.05, 4.69) is 69.3 Å². The number of H-pyrrole nitrogens is 1. The van der Waals surface area contributed by atoms with Gasteiger partial charge in [0.15, 0.2) is 11.6 Å². The number of aromatic nitrogens is 5. The van der Waals surface area contributed by atoms with Crippen molar-refractivity contribution in [1.82, 2.24) is 30.0 Å². The maximum absolute atomic E-state index is 15.2. The first kappa shape index (κ1) is 24.6. The molecule has 3 aromatic heterocycles. The Balaban J connectivity index is 1.25. The van der Waals surface area contributed by atoms with Crippen molar-refractivity contribution in [3.8, 4) is 0 Å². The Hall–Kier alpha value is -3.12. The molecular weight excluding hydrogens is 570 g/mol. The van der Waals surface area contributed by atoms with Gasteiger partial charge in [-0.25, -0.2) is 9.37 Å². The Kier molecular flexibility index (Phi) is 7.42. The number of pyridine rings is 1. The highest BCUT2D eigenvalue weighted by molar-refractivity contribution is 14.1. The van der Waals surface area contributed by atoms with Gasteiger partial charge in [-0.1, -0.05) is 6.07 Å². The lowest BCUT2D eigenvalue weighted by Gasteiger charge is -2.33. The van der Waals surface area contributed by atoms with E-state index in [9.17, 15) is 0 Å². The molecule has 1 aliphatic rings. The molecule has 1 aliphatic heterocycles. The van der Waals surface area contributed by atoms with Crippen molar-refractivity contribution in [3.05, 3.63) is 80.7 Å². The number of nitrogens with one attached hydrogen (secondary N) is 3. The van der Waals surface area contributed by atoms with E-state index in [0.717, 1.165) is 52.9 Å². The number of hydrogen-bond acceptors (Lipinski definition) is 7. The van der Waals surface area contributed by atoms with Gasteiger partial charge in [0, 0.05) is 36.9 Å². The fraction of sp³-hybridized carbons (Fsp3) is 0.308. The highest BCUT2D eigenvalue weighted by atomic mass is 127. The SMILES string of the molecule is Cc1cc(Nc2nc(Nc3cc(C)c(C4CCN(Cc5cccnc5)CC4)cc3F)ncc2I)n[nH]1. The molecule has 0 unspecified atom stereocenters. The third kappa shape index (κ3) is 5.81. The molecular formula is C26H28FIN8. The molecule has 36 heavy (non-hydrogen) atoms. The smallest absolute Gasteiger partial charge is 0.229 e. The summed E-state index contributed by atoms with van der Waals surface area (Å²) >= 11 is 2.16. The second-order valence-electron chi connectivity index (χ2n) is 9.18. The Morgan fingerprint density at radius 3 is 2.69 bits per heavy atom. The van der Waals surface area contributed by atoms with Gasteiger partial charge in [-0.15, -0.1) is 0 Å². The summed E-state index contributed by atoms with van der Waals surface area (Å²) in [5, 5.41) is 13.3. The lowest BCUT2D eigenvalue weighted by molar-refractivity contribution is 0.204. The number of aromatic amines is 1. The summed E-state index contributed by atoms with van der Waals surface area (Å²) in [5.41, 5.74) is 4.69. The molecule has 1 fully saturated rings. The van der Waals surface area contributed by atoms with Crippen molar-refractivity contribution >= 4 is 45.9 Å². The predicted octanol–water partition coefficient (Wildman–Crippen LogP) is 5.82. The number of benzene rings is 1. The lowest BCUT2D eigenvalue weighted by Crippen LogP contribution is -2.32. The van der Waals surface area contributed by atoms with Crippen molar-refractivity contribution < 1.29 is 4.39 Å². The molecule has 8 nitrogen and oxygen atoms in total. The Morgan fingerprint density at radius 1 is 1.14 bits per heavy atom. The molecule has 0 radical (unpaired) electrons. The Labute approximate surface area is 223 Å². The second-order valence-corrected chi connectivity index (χ2v) is 10.3. The van der Waals surface area contributed by atoms with Crippen LogP contribution in [0.5, 0.6) is 0 Å². The van der Waals surface area contributed by atoms with E-state index in [0.29, 0.717) is 29.2 Å². The zero-order chi connectivity index (χ0) is 25.1. The molecule has 0 bridgehead atoms. The van der Waals surface area contributed by atoms with Gasteiger partial charge >= 0.3 is 0 Å². The minimum absolute atomic E-state index is 0.298. The quantitative estimate of drug-likeness (QED) is 0.231. The highest BCUT2D eigenvalue weighted by Crippen LogP contribution is 2.34. The molecule has 1 saturated heterocycles. The third-order valence-electron chi connectivity index (χ3n) is 6.46. The molecule has 5 rings (SSSR count). The third-order valence-corrected chi connectivity index (χ3v) is 7.24. The number of hydrogen-bond donors (Lipinski definition) is 3. The topological polar surface area (TPSA) is 94.7 Å². The minimum Gasteiger partial charge on any atom is -0.322 e. The van der Waals surface area contributed by atoms with E-state index < -0.39 is 0 Å². The number of halogens is 2. The van der Waals surface area contributed by atoms with Crippen molar-refractivity contribution in [1.29, 1.82) is 0 Å². The van der Waals surface area contributed by atoms with Gasteiger partial charge in [0.2, 0.25) is 5.95 Å². The van der Waals surface area contributed by atoms with Gasteiger partial charge in [0.05, 0.1) is 9.26 Å². The van der Waals surface area contributed by atoms with Crippen LogP contribution < -0.4 is 10.6 Å². The van der Waals surface area contributed by atoms with Crippen LogP contribution in [0.3, 0.4) is 0 Å². The first-order valence-corrected chi connectivity index (χ1v) is 13.0. The summed E-state index contributed by atoms with van der Waals surface area (Å²) in [4.78, 5) is 15.5. The number of rotatable bonds is 7. The van der Waals surface area contributed by atoms with Gasteiger partial charge in [-0.05, 0) is 103 Å². The van der Waals surface area contributed by atoms with Crippen LogP contribution in [-0.2, 0) is 6.54 Å². The molecule has 3 N–H and O–H groups in total. The average molecular weight is 598 g/mol. The number of nitrogens with zero attached hydrogens (tertiary/aromatic N) is 5. The minimum atomic E-state index is -0.298. The Bertz CT molecular complexity index is 1340. The summed E-state index contributed by atoms with van der Waals surface area (Å²) < 4.78 is 16.0. The predicted molar refractivity (Wildman–Crippen MR) is 147 cm³/mol. The van der Waals surface area contributed by atoms with E-state index in [1.54, 1.807) is 18.5 Å². The first-order chi connectivity index (χ1) is 17.4. The summed E-state index contributed by atoms with van der Waals surface area (Å²) in [6.45, 7) is 6.86. The molecule has 0 atom stereocenters. The summed E-state index contributed by atoms with van der Waals surface area (Å²) in [5.74, 6) is 1.63. The maximum atomic E-state index is 15.2. The van der Waals surface area contributed by atoms with Crippen LogP contribution in [0.1, 0.15) is 41.1 Å². The van der Waals surface area contributed by atoms with Crippen LogP contribution in [0.2, 0.25) is 0 Å². The average Bonchev–Trinajstić information content (AvgIpc) is 3.29. The molecule has 10 heteroatoms. The van der Waals surface area contributed by atoms with Crippen LogP contribution in [-0.4, -0.2) is 43.1 Å². The van der Waals surface area contributed by atoms with Crippen LogP contribution in [0.15, 0.2) is 48.9 Å². The van der Waals surface area contributed by atoms with Gasteiger partial charge in [0.1, 0.15) is 5.82 Å². The zero-order valence-corrected chi connectivity index (χ0v) is 22.4. The van der Waals surface area contributed by atoms with Crippen LogP contribution in [0, 0.1) is 23.2 Å². The zero-order valence-electron chi connectivity index (χ0n) is 20.2. The number of likely N-dealkylation sites (tertiary alicyclic amines) is 1. The molecule has 1 aromatic carbocycles. The van der Waals surface area contributed by atoms with Gasteiger partial charge in [-0.3, -0.25) is 15.0 Å². The van der Waals surface area contributed by atoms with E-state index in [1.165, 1.54) is 5.56 Å². The molecule has 0 aliphatic carbocycles. The van der Waals surface area contributed by atoms with Gasteiger partial charge in [0.25, 0.3) is 0 Å². The first-order valence-electron chi connectivity index (χ1n) is 11.9. The maximum Gasteiger partial charge on any atom is 0.229 e. The Morgan fingerprint density at radius 2 is 1.97 bits per heavy atom. The second kappa shape index (κ2) is 10.9. The molecule has 0 spiro atoms. The van der Waals surface area contributed by atoms with Crippen molar-refractivity contribution in [2.75, 3.05) is 23.7 Å². The van der Waals surface area contributed by atoms with Gasteiger partial charge in [-0.2, -0.15) is 10.1 Å². The van der Waals surface area contributed by atoms with E-state index in [4.69, 9.17) is 0 Å². The fourth-order valence-electron chi connectivity index (χ4n) is 4.62. The van der Waals surface area contributed by atoms with Crippen molar-refractivity contribution in [3.63, 3.8) is 0 Å². The van der Waals surface area contributed by atoms with E-state index in [-0.39, 0.29) is 5.82 Å².